The highest BCUT2D eigenvalue weighted by Gasteiger charge is 2.23. The molecule has 1 atom stereocenters. The smallest absolute Gasteiger partial charge is 0.213 e. The quantitative estimate of drug-likeness (QED) is 0.346. The van der Waals surface area contributed by atoms with E-state index >= 15 is 0 Å². The third-order valence-electron chi connectivity index (χ3n) is 4.83. The zero-order chi connectivity index (χ0) is 19.2. The fourth-order valence-electron chi connectivity index (χ4n) is 3.35. The number of aliphatic imine (C=N–C) groups is 1. The van der Waals surface area contributed by atoms with E-state index in [1.54, 1.807) is 7.05 Å². The van der Waals surface area contributed by atoms with Gasteiger partial charge in [-0.3, -0.25) is 9.89 Å². The van der Waals surface area contributed by atoms with Crippen molar-refractivity contribution in [3.63, 3.8) is 0 Å². The van der Waals surface area contributed by atoms with Crippen LogP contribution in [-0.4, -0.2) is 48.6 Å². The molecule has 0 radical (unpaired) electrons. The van der Waals surface area contributed by atoms with E-state index in [9.17, 15) is 0 Å². The molecule has 2 heterocycles. The molecular weight excluding hydrogens is 453 g/mol. The van der Waals surface area contributed by atoms with Gasteiger partial charge >= 0.3 is 0 Å². The van der Waals surface area contributed by atoms with Crippen LogP contribution in [0.15, 0.2) is 15.6 Å². The molecule has 1 saturated heterocycles. The molecule has 27 heavy (non-hydrogen) atoms. The van der Waals surface area contributed by atoms with E-state index in [1.165, 1.54) is 32.4 Å². The van der Waals surface area contributed by atoms with Crippen LogP contribution in [0.5, 0.6) is 0 Å². The molecule has 0 aromatic carbocycles. The second kappa shape index (κ2) is 11.2. The highest BCUT2D eigenvalue weighted by Crippen LogP contribution is 2.22. The highest BCUT2D eigenvalue weighted by molar-refractivity contribution is 14.0. The number of nitrogens with zero attached hydrogens (tertiary/aromatic N) is 3. The van der Waals surface area contributed by atoms with Crippen molar-refractivity contribution >= 4 is 29.9 Å². The first-order chi connectivity index (χ1) is 12.3. The maximum Gasteiger partial charge on any atom is 0.213 e. The number of oxazole rings is 1. The van der Waals surface area contributed by atoms with Crippen LogP contribution >= 0.6 is 24.0 Å². The Morgan fingerprint density at radius 1 is 1.26 bits per heavy atom. The molecule has 1 aliphatic heterocycles. The molecular formula is C20H38IN5O. The third kappa shape index (κ3) is 7.97. The van der Waals surface area contributed by atoms with Gasteiger partial charge in [-0.2, -0.15) is 0 Å². The van der Waals surface area contributed by atoms with E-state index in [1.807, 2.05) is 6.20 Å². The Morgan fingerprint density at radius 2 is 1.93 bits per heavy atom. The summed E-state index contributed by atoms with van der Waals surface area (Å²) >= 11 is 0. The molecule has 0 saturated carbocycles. The summed E-state index contributed by atoms with van der Waals surface area (Å²) in [6.07, 6.45) is 5.67. The lowest BCUT2D eigenvalue weighted by molar-refractivity contribution is 0.213. The van der Waals surface area contributed by atoms with Crippen LogP contribution in [0.25, 0.3) is 0 Å². The Morgan fingerprint density at radius 3 is 2.44 bits per heavy atom. The summed E-state index contributed by atoms with van der Waals surface area (Å²) in [6, 6.07) is 0.560. The van der Waals surface area contributed by atoms with Gasteiger partial charge < -0.3 is 15.1 Å². The monoisotopic (exact) mass is 491 g/mol. The highest BCUT2D eigenvalue weighted by atomic mass is 127. The van der Waals surface area contributed by atoms with Crippen LogP contribution in [0.4, 0.5) is 0 Å². The Hall–Kier alpha value is -0.830. The van der Waals surface area contributed by atoms with Gasteiger partial charge in [0, 0.05) is 25.0 Å². The summed E-state index contributed by atoms with van der Waals surface area (Å²) in [6.45, 7) is 14.9. The number of nitrogens with one attached hydrogen (secondary N) is 2. The van der Waals surface area contributed by atoms with Crippen molar-refractivity contribution < 1.29 is 4.42 Å². The predicted molar refractivity (Wildman–Crippen MR) is 123 cm³/mol. The Bertz CT molecular complexity index is 573. The van der Waals surface area contributed by atoms with E-state index in [0.29, 0.717) is 24.4 Å². The lowest BCUT2D eigenvalue weighted by Gasteiger charge is -2.29. The molecule has 1 aromatic heterocycles. The number of likely N-dealkylation sites (tertiary alicyclic amines) is 1. The summed E-state index contributed by atoms with van der Waals surface area (Å²) < 4.78 is 5.84. The van der Waals surface area contributed by atoms with Crippen molar-refractivity contribution in [2.24, 2.45) is 10.9 Å². The van der Waals surface area contributed by atoms with Gasteiger partial charge in [0.05, 0.1) is 12.7 Å². The van der Waals surface area contributed by atoms with Gasteiger partial charge in [0.15, 0.2) is 5.96 Å². The van der Waals surface area contributed by atoms with Crippen molar-refractivity contribution in [1.82, 2.24) is 20.5 Å². The van der Waals surface area contributed by atoms with Crippen molar-refractivity contribution in [3.8, 4) is 0 Å². The predicted octanol–water partition coefficient (Wildman–Crippen LogP) is 3.77. The molecule has 0 aliphatic carbocycles. The number of aromatic nitrogens is 1. The number of hydrogen-bond acceptors (Lipinski definition) is 4. The average Bonchev–Trinajstić information content (AvgIpc) is 3.24. The Balaban J connectivity index is 0.00000364. The maximum absolute atomic E-state index is 5.84. The first kappa shape index (κ1) is 24.2. The first-order valence-corrected chi connectivity index (χ1v) is 9.93. The van der Waals surface area contributed by atoms with E-state index in [4.69, 9.17) is 4.42 Å². The van der Waals surface area contributed by atoms with Crippen LogP contribution in [0.1, 0.15) is 65.5 Å². The third-order valence-corrected chi connectivity index (χ3v) is 4.83. The van der Waals surface area contributed by atoms with Gasteiger partial charge in [-0.15, -0.1) is 24.0 Å². The zero-order valence-corrected chi connectivity index (χ0v) is 20.2. The fourth-order valence-corrected chi connectivity index (χ4v) is 3.35. The normalized spacial score (nSPS) is 17.1. The zero-order valence-electron chi connectivity index (χ0n) is 17.8. The molecule has 6 nitrogen and oxygen atoms in total. The van der Waals surface area contributed by atoms with Gasteiger partial charge in [-0.1, -0.05) is 34.6 Å². The average molecular weight is 491 g/mol. The van der Waals surface area contributed by atoms with Crippen molar-refractivity contribution in [2.45, 2.75) is 71.9 Å². The molecule has 0 amide bonds. The van der Waals surface area contributed by atoms with Gasteiger partial charge in [0.1, 0.15) is 5.76 Å². The second-order valence-electron chi connectivity index (χ2n) is 8.70. The number of rotatable bonds is 7. The fraction of sp³-hybridized carbons (Fsp3) is 0.800. The molecule has 2 rings (SSSR count). The summed E-state index contributed by atoms with van der Waals surface area (Å²) in [5.74, 6) is 3.09. The van der Waals surface area contributed by atoms with Crippen molar-refractivity contribution in [2.75, 3.05) is 26.7 Å². The van der Waals surface area contributed by atoms with Crippen molar-refractivity contribution in [3.05, 3.63) is 17.8 Å². The van der Waals surface area contributed by atoms with Crippen LogP contribution in [0.3, 0.4) is 0 Å². The van der Waals surface area contributed by atoms with Crippen LogP contribution in [0, 0.1) is 5.92 Å². The molecule has 0 bridgehead atoms. The van der Waals surface area contributed by atoms with Gasteiger partial charge in [0.25, 0.3) is 0 Å². The van der Waals surface area contributed by atoms with Crippen LogP contribution in [0.2, 0.25) is 0 Å². The Labute approximate surface area is 182 Å². The van der Waals surface area contributed by atoms with E-state index < -0.39 is 0 Å². The number of halogens is 1. The van der Waals surface area contributed by atoms with Gasteiger partial charge in [0.2, 0.25) is 5.89 Å². The van der Waals surface area contributed by atoms with Crippen LogP contribution < -0.4 is 10.6 Å². The van der Waals surface area contributed by atoms with Crippen molar-refractivity contribution in [1.29, 1.82) is 0 Å². The summed E-state index contributed by atoms with van der Waals surface area (Å²) in [5.41, 5.74) is -0.0228. The topological polar surface area (TPSA) is 65.7 Å². The minimum absolute atomic E-state index is 0. The summed E-state index contributed by atoms with van der Waals surface area (Å²) in [5, 5.41) is 6.80. The molecule has 1 aliphatic rings. The van der Waals surface area contributed by atoms with E-state index in [-0.39, 0.29) is 29.4 Å². The molecule has 0 spiro atoms. The van der Waals surface area contributed by atoms with Gasteiger partial charge in [-0.05, 0) is 38.3 Å². The van der Waals surface area contributed by atoms with Gasteiger partial charge in [-0.25, -0.2) is 4.98 Å². The first-order valence-electron chi connectivity index (χ1n) is 9.93. The summed E-state index contributed by atoms with van der Waals surface area (Å²) in [4.78, 5) is 11.3. The second-order valence-corrected chi connectivity index (χ2v) is 8.70. The molecule has 7 heteroatoms. The summed E-state index contributed by atoms with van der Waals surface area (Å²) in [7, 11) is 1.80. The number of hydrogen-bond donors (Lipinski definition) is 2. The molecule has 1 fully saturated rings. The lowest BCUT2D eigenvalue weighted by atomic mass is 9.94. The van der Waals surface area contributed by atoms with Crippen LogP contribution in [-0.2, 0) is 12.0 Å². The Kier molecular flexibility index (Phi) is 10.1. The minimum atomic E-state index is -0.0228. The molecule has 156 valence electrons. The molecule has 1 aromatic rings. The molecule has 1 unspecified atom stereocenters. The SMILES string of the molecule is CN=C(NCc1ncc(C(C)(C)C)o1)NCC(CC(C)C)N1CCCC1.I. The standard InChI is InChI=1S/C20H37N5O.HI/c1-15(2)11-16(25-9-7-8-10-25)12-23-19(21-6)24-14-18-22-13-17(26-18)20(3,4)5;/h13,15-16H,7-12,14H2,1-6H3,(H2,21,23,24);1H. The minimum Gasteiger partial charge on any atom is -0.443 e. The number of guanidine groups is 1. The van der Waals surface area contributed by atoms with E-state index in [2.05, 4.69) is 60.1 Å². The molecule has 2 N–H and O–H groups in total. The largest absolute Gasteiger partial charge is 0.443 e. The lowest BCUT2D eigenvalue weighted by Crippen LogP contribution is -2.46. The maximum atomic E-state index is 5.84. The van der Waals surface area contributed by atoms with E-state index in [0.717, 1.165) is 18.3 Å².